The molecule has 158 valence electrons. The molecule has 1 aromatic heterocycles. The van der Waals surface area contributed by atoms with Gasteiger partial charge in [0.25, 0.3) is 5.69 Å². The van der Waals surface area contributed by atoms with Crippen molar-refractivity contribution < 1.29 is 18.4 Å². The van der Waals surface area contributed by atoms with Crippen molar-refractivity contribution in [1.82, 2.24) is 9.29 Å². The Labute approximate surface area is 173 Å². The molecule has 3 aromatic rings. The Hall–Kier alpha value is -3.31. The minimum absolute atomic E-state index is 0.0615. The number of nitro groups is 1. The van der Waals surface area contributed by atoms with Crippen LogP contribution in [0.1, 0.15) is 19.8 Å². The Kier molecular flexibility index (Phi) is 6.13. The summed E-state index contributed by atoms with van der Waals surface area (Å²) in [4.78, 5) is 12.9. The minimum atomic E-state index is -4.04. The van der Waals surface area contributed by atoms with Crippen LogP contribution in [0.4, 0.5) is 17.1 Å². The van der Waals surface area contributed by atoms with Crippen LogP contribution in [-0.4, -0.2) is 41.3 Å². The largest absolute Gasteiger partial charge is 0.493 e. The van der Waals surface area contributed by atoms with Gasteiger partial charge in [0, 0.05) is 31.1 Å². The van der Waals surface area contributed by atoms with Crippen molar-refractivity contribution in [2.45, 2.75) is 24.7 Å². The molecular formula is C19H21N5O5S. The number of azo groups is 1. The number of fused-ring (bicyclic) bond motifs is 1. The van der Waals surface area contributed by atoms with Crippen LogP contribution in [0.2, 0.25) is 0 Å². The van der Waals surface area contributed by atoms with E-state index in [1.165, 1.54) is 13.1 Å². The molecule has 0 aliphatic carbocycles. The van der Waals surface area contributed by atoms with E-state index in [4.69, 9.17) is 0 Å². The van der Waals surface area contributed by atoms with E-state index < -0.39 is 14.9 Å². The lowest BCUT2D eigenvalue weighted by atomic mass is 10.2. The van der Waals surface area contributed by atoms with Crippen molar-refractivity contribution in [1.29, 1.82) is 0 Å². The number of non-ortho nitro benzene ring substituents is 1. The van der Waals surface area contributed by atoms with E-state index in [0.717, 1.165) is 22.9 Å². The highest BCUT2D eigenvalue weighted by molar-refractivity contribution is 7.89. The quantitative estimate of drug-likeness (QED) is 0.304. The summed E-state index contributed by atoms with van der Waals surface area (Å²) in [6.07, 6.45) is 1.44. The summed E-state index contributed by atoms with van der Waals surface area (Å²) in [5, 5.41) is 29.9. The normalized spacial score (nSPS) is 12.2. The Morgan fingerprint density at radius 3 is 2.63 bits per heavy atom. The second-order valence-corrected chi connectivity index (χ2v) is 8.67. The van der Waals surface area contributed by atoms with Gasteiger partial charge in [-0.15, -0.1) is 10.2 Å². The fraction of sp³-hybridized carbons (Fsp3) is 0.263. The monoisotopic (exact) mass is 431 g/mol. The molecule has 2 N–H and O–H groups in total. The summed E-state index contributed by atoms with van der Waals surface area (Å²) in [6, 6.07) is 10.4. The van der Waals surface area contributed by atoms with E-state index in [-0.39, 0.29) is 34.4 Å². The van der Waals surface area contributed by atoms with Gasteiger partial charge < -0.3 is 10.1 Å². The highest BCUT2D eigenvalue weighted by Gasteiger charge is 2.26. The second-order valence-electron chi connectivity index (χ2n) is 6.66. The minimum Gasteiger partial charge on any atom is -0.493 e. The Bertz CT molecular complexity index is 1220. The summed E-state index contributed by atoms with van der Waals surface area (Å²) in [5.74, 6) is -0.216. The first-order chi connectivity index (χ1) is 14.3. The maximum atomic E-state index is 13.0. The molecule has 0 atom stereocenters. The standard InChI is InChI=1S/C19H21N5O5S/c1-3-4-11-23(2)30(28,29)17-12-13(24(26)27)9-10-16(17)21-22-18-14-7-5-6-8-15(14)20-19(18)25/h5-10,12,20,25H,3-4,11H2,1-2H3. The summed E-state index contributed by atoms with van der Waals surface area (Å²) >= 11 is 0. The van der Waals surface area contributed by atoms with Gasteiger partial charge in [-0.3, -0.25) is 10.1 Å². The molecule has 0 saturated heterocycles. The number of hydrogen-bond donors (Lipinski definition) is 2. The number of nitrogens with zero attached hydrogens (tertiary/aromatic N) is 4. The maximum Gasteiger partial charge on any atom is 0.270 e. The van der Waals surface area contributed by atoms with Gasteiger partial charge in [-0.25, -0.2) is 12.7 Å². The number of para-hydroxylation sites is 1. The van der Waals surface area contributed by atoms with Gasteiger partial charge in [-0.1, -0.05) is 31.5 Å². The summed E-state index contributed by atoms with van der Waals surface area (Å²) in [6.45, 7) is 2.20. The Morgan fingerprint density at radius 2 is 1.93 bits per heavy atom. The second kappa shape index (κ2) is 8.59. The molecule has 0 amide bonds. The summed E-state index contributed by atoms with van der Waals surface area (Å²) in [7, 11) is -2.62. The number of benzene rings is 2. The molecule has 30 heavy (non-hydrogen) atoms. The predicted molar refractivity (Wildman–Crippen MR) is 112 cm³/mol. The Balaban J connectivity index is 2.09. The van der Waals surface area contributed by atoms with E-state index in [0.29, 0.717) is 17.3 Å². The van der Waals surface area contributed by atoms with Gasteiger partial charge in [0.2, 0.25) is 15.9 Å². The molecule has 0 aliphatic heterocycles. The molecular weight excluding hydrogens is 410 g/mol. The third-order valence-corrected chi connectivity index (χ3v) is 6.47. The molecule has 0 fully saturated rings. The molecule has 0 spiro atoms. The third kappa shape index (κ3) is 4.16. The first-order valence-corrected chi connectivity index (χ1v) is 10.7. The zero-order valence-corrected chi connectivity index (χ0v) is 17.3. The molecule has 1 heterocycles. The van der Waals surface area contributed by atoms with Gasteiger partial charge in [-0.05, 0) is 18.6 Å². The average Bonchev–Trinajstić information content (AvgIpc) is 3.05. The average molecular weight is 431 g/mol. The van der Waals surface area contributed by atoms with Crippen LogP contribution in [-0.2, 0) is 10.0 Å². The van der Waals surface area contributed by atoms with Crippen molar-refractivity contribution in [3.8, 4) is 5.88 Å². The zero-order valence-electron chi connectivity index (χ0n) is 16.4. The van der Waals surface area contributed by atoms with E-state index in [1.54, 1.807) is 24.3 Å². The number of aromatic amines is 1. The highest BCUT2D eigenvalue weighted by Crippen LogP contribution is 2.37. The lowest BCUT2D eigenvalue weighted by Gasteiger charge is -2.17. The van der Waals surface area contributed by atoms with Crippen LogP contribution in [0.15, 0.2) is 57.6 Å². The number of hydrogen-bond acceptors (Lipinski definition) is 7. The molecule has 11 heteroatoms. The number of sulfonamides is 1. The van der Waals surface area contributed by atoms with Crippen molar-refractivity contribution in [2.75, 3.05) is 13.6 Å². The molecule has 3 rings (SSSR count). The van der Waals surface area contributed by atoms with Crippen LogP contribution in [0, 0.1) is 10.1 Å². The van der Waals surface area contributed by atoms with E-state index in [1.807, 2.05) is 6.92 Å². The molecule has 0 radical (unpaired) electrons. The molecule has 0 aliphatic rings. The number of nitrogens with one attached hydrogen (secondary N) is 1. The molecule has 2 aromatic carbocycles. The molecule has 0 saturated carbocycles. The lowest BCUT2D eigenvalue weighted by Crippen LogP contribution is -2.28. The summed E-state index contributed by atoms with van der Waals surface area (Å²) < 4.78 is 27.2. The Morgan fingerprint density at radius 1 is 1.20 bits per heavy atom. The first kappa shape index (κ1) is 21.4. The van der Waals surface area contributed by atoms with Gasteiger partial charge in [0.1, 0.15) is 10.6 Å². The lowest BCUT2D eigenvalue weighted by molar-refractivity contribution is -0.385. The van der Waals surface area contributed by atoms with Crippen LogP contribution in [0.3, 0.4) is 0 Å². The topological polar surface area (TPSA) is 141 Å². The number of unbranched alkanes of at least 4 members (excludes halogenated alkanes) is 1. The van der Waals surface area contributed by atoms with E-state index >= 15 is 0 Å². The SMILES string of the molecule is CCCCN(C)S(=O)(=O)c1cc([N+](=O)[O-])ccc1N=Nc1c(O)[nH]c2ccccc12. The fourth-order valence-corrected chi connectivity index (χ4v) is 4.24. The number of aromatic nitrogens is 1. The predicted octanol–water partition coefficient (Wildman–Crippen LogP) is 4.62. The van der Waals surface area contributed by atoms with Crippen LogP contribution in [0.5, 0.6) is 5.88 Å². The van der Waals surface area contributed by atoms with Crippen molar-refractivity contribution in [3.05, 3.63) is 52.6 Å². The third-order valence-electron chi connectivity index (χ3n) is 4.59. The van der Waals surface area contributed by atoms with E-state index in [9.17, 15) is 23.6 Å². The first-order valence-electron chi connectivity index (χ1n) is 9.22. The highest BCUT2D eigenvalue weighted by atomic mass is 32.2. The summed E-state index contributed by atoms with van der Waals surface area (Å²) in [5.41, 5.74) is 0.353. The number of rotatable bonds is 8. The number of nitro benzene ring substituents is 1. The number of H-pyrrole nitrogens is 1. The fourth-order valence-electron chi connectivity index (χ4n) is 2.89. The zero-order chi connectivity index (χ0) is 21.9. The molecule has 10 nitrogen and oxygen atoms in total. The molecule has 0 bridgehead atoms. The van der Waals surface area contributed by atoms with E-state index in [2.05, 4.69) is 15.2 Å². The van der Waals surface area contributed by atoms with Crippen molar-refractivity contribution >= 4 is 38.0 Å². The van der Waals surface area contributed by atoms with Crippen molar-refractivity contribution in [3.63, 3.8) is 0 Å². The van der Waals surface area contributed by atoms with Crippen LogP contribution >= 0.6 is 0 Å². The smallest absolute Gasteiger partial charge is 0.270 e. The van der Waals surface area contributed by atoms with Crippen LogP contribution < -0.4 is 0 Å². The van der Waals surface area contributed by atoms with Gasteiger partial charge in [0.15, 0.2) is 5.69 Å². The maximum absolute atomic E-state index is 13.0. The van der Waals surface area contributed by atoms with Gasteiger partial charge in [-0.2, -0.15) is 0 Å². The van der Waals surface area contributed by atoms with Crippen LogP contribution in [0.25, 0.3) is 10.9 Å². The molecule has 0 unspecified atom stereocenters. The van der Waals surface area contributed by atoms with Gasteiger partial charge >= 0.3 is 0 Å². The van der Waals surface area contributed by atoms with Gasteiger partial charge in [0.05, 0.1) is 10.4 Å². The number of aromatic hydroxyl groups is 1. The van der Waals surface area contributed by atoms with Crippen molar-refractivity contribution in [2.24, 2.45) is 10.2 Å².